The second-order valence-electron chi connectivity index (χ2n) is 11.3. The lowest BCUT2D eigenvalue weighted by molar-refractivity contribution is -0.150. The first-order chi connectivity index (χ1) is 24.4. The Morgan fingerprint density at radius 1 is 1.00 bits per heavy atom. The van der Waals surface area contributed by atoms with Gasteiger partial charge in [0.05, 0.1) is 4.88 Å². The quantitative estimate of drug-likeness (QED) is 0.0531. The van der Waals surface area contributed by atoms with Gasteiger partial charge in [0.25, 0.3) is 11.8 Å². The van der Waals surface area contributed by atoms with Gasteiger partial charge in [0.2, 0.25) is 10.8 Å². The number of aromatic amines is 1. The number of aliphatic carboxylic acids is 1. The Hall–Kier alpha value is -5.25. The van der Waals surface area contributed by atoms with E-state index in [-0.39, 0.29) is 16.7 Å². The first-order valence-corrected chi connectivity index (χ1v) is 18.3. The normalized spacial score (nSPS) is 18.2. The molecule has 0 radical (unpaired) electrons. The molecule has 2 amide bonds. The number of carboxylic acid groups (broad SMARTS) is 1. The molecule has 0 saturated carbocycles. The van der Waals surface area contributed by atoms with Crippen molar-refractivity contribution >= 4 is 58.4 Å². The maximum absolute atomic E-state index is 14.1. The van der Waals surface area contributed by atoms with E-state index in [0.717, 1.165) is 16.7 Å². The Morgan fingerprint density at radius 3 is 2.14 bits per heavy atom. The minimum absolute atomic E-state index is 0.0148. The van der Waals surface area contributed by atoms with Crippen LogP contribution in [0.25, 0.3) is 0 Å². The smallest absolute Gasteiger partial charge is 0.352 e. The lowest BCUT2D eigenvalue weighted by atomic mass is 9.80. The molecule has 7 rings (SSSR count). The number of carbonyl (C=O) groups is 3. The summed E-state index contributed by atoms with van der Waals surface area (Å²) in [5, 5.41) is 32.6. The van der Waals surface area contributed by atoms with Crippen molar-refractivity contribution in [3.63, 3.8) is 0 Å². The number of carboxylic acids is 1. The molecule has 1 unspecified atom stereocenters. The Labute approximate surface area is 299 Å². The molecule has 3 N–H and O–H groups in total. The number of fused-ring (bicyclic) bond motifs is 1. The summed E-state index contributed by atoms with van der Waals surface area (Å²) in [6, 6.07) is 31.5. The summed E-state index contributed by atoms with van der Waals surface area (Å²) in [6.07, 6.45) is 0. The average Bonchev–Trinajstić information content (AvgIpc) is 3.88. The van der Waals surface area contributed by atoms with Crippen LogP contribution in [0.2, 0.25) is 0 Å². The Bertz CT molecular complexity index is 1950. The molecule has 0 bridgehead atoms. The number of nitrogens with one attached hydrogen (secondary N) is 2. The standard InChI is InChI=1S/C35H29N7O5S3/c1-21(50-34-37-40-41-38-34)25-20-49-32-28(31(44)42(32)29(25)33(45)46)36-30(43)27(26-18-11-19-48-26)39-47-35(22-12-5-2-6-13-22,23-14-7-3-8-15-23)24-16-9-4-10-17-24/h2-19,21,28,32H,20H2,1H3,(H,36,43)(H,45,46)(H,37,38,40,41)/t21?,28-,32-/m1/s1. The minimum Gasteiger partial charge on any atom is -0.477 e. The van der Waals surface area contributed by atoms with Crippen LogP contribution >= 0.6 is 34.9 Å². The zero-order chi connectivity index (χ0) is 34.7. The summed E-state index contributed by atoms with van der Waals surface area (Å²) in [5.74, 6) is -2.04. The van der Waals surface area contributed by atoms with E-state index in [0.29, 0.717) is 21.4 Å². The number of hydrogen-bond donors (Lipinski definition) is 3. The topological polar surface area (TPSA) is 163 Å². The van der Waals surface area contributed by atoms with Crippen LogP contribution in [-0.4, -0.2) is 76.5 Å². The van der Waals surface area contributed by atoms with Crippen molar-refractivity contribution < 1.29 is 24.3 Å². The van der Waals surface area contributed by atoms with Crippen LogP contribution in [0.3, 0.4) is 0 Å². The van der Waals surface area contributed by atoms with Crippen LogP contribution in [0.5, 0.6) is 0 Å². The molecule has 0 spiro atoms. The number of benzene rings is 3. The fourth-order valence-electron chi connectivity index (χ4n) is 6.00. The number of H-pyrrole nitrogens is 1. The van der Waals surface area contributed by atoms with Crippen molar-refractivity contribution in [2.75, 3.05) is 5.75 Å². The maximum atomic E-state index is 14.1. The average molecular weight is 724 g/mol. The van der Waals surface area contributed by atoms with Gasteiger partial charge in [0.1, 0.15) is 17.1 Å². The lowest BCUT2D eigenvalue weighted by Crippen LogP contribution is -2.71. The van der Waals surface area contributed by atoms with E-state index in [4.69, 9.17) is 4.84 Å². The minimum atomic E-state index is -1.23. The predicted octanol–water partition coefficient (Wildman–Crippen LogP) is 4.89. The summed E-state index contributed by atoms with van der Waals surface area (Å²) in [6.45, 7) is 1.83. The molecule has 0 aliphatic carbocycles. The molecule has 1 fully saturated rings. The van der Waals surface area contributed by atoms with Crippen LogP contribution in [-0.2, 0) is 24.8 Å². The second-order valence-corrected chi connectivity index (χ2v) is 14.6. The van der Waals surface area contributed by atoms with Crippen LogP contribution in [0.15, 0.2) is 130 Å². The van der Waals surface area contributed by atoms with Gasteiger partial charge in [0, 0.05) is 27.7 Å². The summed E-state index contributed by atoms with van der Waals surface area (Å²) in [7, 11) is 0. The zero-order valence-electron chi connectivity index (χ0n) is 26.4. The van der Waals surface area contributed by atoms with E-state index in [1.807, 2.05) is 103 Å². The number of thioether (sulfide) groups is 2. The summed E-state index contributed by atoms with van der Waals surface area (Å²) >= 11 is 3.92. The molecular formula is C35H29N7O5S3. The largest absolute Gasteiger partial charge is 0.477 e. The van der Waals surface area contributed by atoms with E-state index < -0.39 is 34.8 Å². The van der Waals surface area contributed by atoms with Crippen LogP contribution < -0.4 is 5.32 Å². The number of amides is 2. The summed E-state index contributed by atoms with van der Waals surface area (Å²) < 4.78 is 0. The molecule has 2 aliphatic rings. The second kappa shape index (κ2) is 14.3. The van der Waals surface area contributed by atoms with Gasteiger partial charge >= 0.3 is 5.97 Å². The molecule has 5 aromatic rings. The van der Waals surface area contributed by atoms with Gasteiger partial charge in [-0.05, 0) is 29.2 Å². The number of β-lactam (4-membered cyclic amide) rings is 1. The number of rotatable bonds is 12. The van der Waals surface area contributed by atoms with Gasteiger partial charge in [-0.3, -0.25) is 14.5 Å². The molecule has 1 saturated heterocycles. The fourth-order valence-corrected chi connectivity index (χ4v) is 9.11. The number of nitrogens with zero attached hydrogens (tertiary/aromatic N) is 5. The predicted molar refractivity (Wildman–Crippen MR) is 190 cm³/mol. The third-order valence-electron chi connectivity index (χ3n) is 8.37. The number of oxime groups is 1. The maximum Gasteiger partial charge on any atom is 0.352 e. The number of carbonyl (C=O) groups excluding carboxylic acids is 2. The van der Waals surface area contributed by atoms with Crippen molar-refractivity contribution in [3.05, 3.63) is 141 Å². The monoisotopic (exact) mass is 723 g/mol. The summed E-state index contributed by atoms with van der Waals surface area (Å²) in [4.78, 5) is 48.6. The molecular weight excluding hydrogens is 695 g/mol. The van der Waals surface area contributed by atoms with Gasteiger partial charge in [-0.1, -0.05) is 114 Å². The third kappa shape index (κ3) is 6.19. The highest BCUT2D eigenvalue weighted by molar-refractivity contribution is 8.01. The molecule has 3 atom stereocenters. The third-order valence-corrected chi connectivity index (χ3v) is 11.6. The van der Waals surface area contributed by atoms with Gasteiger partial charge in [-0.25, -0.2) is 4.79 Å². The van der Waals surface area contributed by atoms with E-state index in [1.54, 1.807) is 12.1 Å². The van der Waals surface area contributed by atoms with Gasteiger partial charge in [-0.15, -0.1) is 33.3 Å². The highest BCUT2D eigenvalue weighted by Crippen LogP contribution is 2.44. The number of aromatic nitrogens is 4. The van der Waals surface area contributed by atoms with Crippen molar-refractivity contribution in [1.82, 2.24) is 30.8 Å². The Kier molecular flexibility index (Phi) is 9.52. The highest BCUT2D eigenvalue weighted by Gasteiger charge is 2.55. The molecule has 15 heteroatoms. The van der Waals surface area contributed by atoms with Crippen molar-refractivity contribution in [3.8, 4) is 0 Å². The highest BCUT2D eigenvalue weighted by atomic mass is 32.2. The van der Waals surface area contributed by atoms with E-state index in [1.165, 1.54) is 39.8 Å². The SMILES string of the molecule is CC(Sc1nn[nH]n1)C1=C(C(=O)O)N2C(=O)[C@@H](NC(=O)C(=NOC(c3ccccc3)(c3ccccc3)c3ccccc3)c3cccs3)[C@H]2SC1. The molecule has 3 aromatic carbocycles. The zero-order valence-corrected chi connectivity index (χ0v) is 28.8. The van der Waals surface area contributed by atoms with E-state index in [2.05, 4.69) is 31.1 Å². The number of tetrazole rings is 1. The van der Waals surface area contributed by atoms with Gasteiger partial charge in [0.15, 0.2) is 5.71 Å². The van der Waals surface area contributed by atoms with Crippen LogP contribution in [0.4, 0.5) is 0 Å². The number of thiophene rings is 1. The first-order valence-electron chi connectivity index (χ1n) is 15.5. The Morgan fingerprint density at radius 2 is 1.62 bits per heavy atom. The molecule has 252 valence electrons. The molecule has 2 aromatic heterocycles. The fraction of sp³-hybridized carbons (Fsp3) is 0.171. The van der Waals surface area contributed by atoms with E-state index >= 15 is 0 Å². The molecule has 2 aliphatic heterocycles. The first kappa shape index (κ1) is 33.3. The van der Waals surface area contributed by atoms with E-state index in [9.17, 15) is 19.5 Å². The van der Waals surface area contributed by atoms with Crippen molar-refractivity contribution in [2.24, 2.45) is 5.16 Å². The molecule has 12 nitrogen and oxygen atoms in total. The number of hydrogen-bond acceptors (Lipinski definition) is 11. The molecule has 50 heavy (non-hydrogen) atoms. The van der Waals surface area contributed by atoms with Crippen LogP contribution in [0.1, 0.15) is 28.5 Å². The lowest BCUT2D eigenvalue weighted by Gasteiger charge is -2.49. The van der Waals surface area contributed by atoms with Gasteiger partial charge in [-0.2, -0.15) is 5.21 Å². The van der Waals surface area contributed by atoms with Crippen LogP contribution in [0, 0.1) is 0 Å². The Balaban J connectivity index is 1.21. The van der Waals surface area contributed by atoms with Crippen molar-refractivity contribution in [2.45, 2.75) is 34.3 Å². The molecule has 4 heterocycles. The van der Waals surface area contributed by atoms with Gasteiger partial charge < -0.3 is 15.3 Å². The summed E-state index contributed by atoms with van der Waals surface area (Å²) in [5.41, 5.74) is 1.60. The van der Waals surface area contributed by atoms with Crippen molar-refractivity contribution in [1.29, 1.82) is 0 Å².